The van der Waals surface area contributed by atoms with E-state index in [4.69, 9.17) is 12.2 Å². The number of hydrogen-bond acceptors (Lipinski definition) is 3. The SMILES string of the molecule is Cc1cc(-c2n[nH]c(=S)n2C(C)(C)C)ccn1. The second kappa shape index (κ2) is 4.07. The third-order valence-corrected chi connectivity index (χ3v) is 2.77. The smallest absolute Gasteiger partial charge is 0.195 e. The summed E-state index contributed by atoms with van der Waals surface area (Å²) in [5, 5.41) is 7.17. The molecular formula is C12H16N4S. The number of H-pyrrole nitrogens is 1. The van der Waals surface area contributed by atoms with Crippen molar-refractivity contribution < 1.29 is 0 Å². The predicted molar refractivity (Wildman–Crippen MR) is 70.4 cm³/mol. The molecule has 0 radical (unpaired) electrons. The summed E-state index contributed by atoms with van der Waals surface area (Å²) in [7, 11) is 0. The van der Waals surface area contributed by atoms with Crippen molar-refractivity contribution in [1.29, 1.82) is 0 Å². The van der Waals surface area contributed by atoms with Crippen molar-refractivity contribution in [1.82, 2.24) is 19.7 Å². The molecule has 2 heterocycles. The molecule has 0 fully saturated rings. The first-order chi connectivity index (χ1) is 7.89. The van der Waals surface area contributed by atoms with E-state index in [9.17, 15) is 0 Å². The quantitative estimate of drug-likeness (QED) is 0.789. The molecule has 90 valence electrons. The van der Waals surface area contributed by atoms with Crippen molar-refractivity contribution in [2.45, 2.75) is 33.2 Å². The van der Waals surface area contributed by atoms with Crippen LogP contribution in [0.5, 0.6) is 0 Å². The van der Waals surface area contributed by atoms with E-state index in [1.807, 2.05) is 23.6 Å². The standard InChI is InChI=1S/C12H16N4S/c1-8-7-9(5-6-13-8)10-14-15-11(17)16(10)12(2,3)4/h5-7H,1-4H3,(H,15,17). The second-order valence-corrected chi connectivity index (χ2v) is 5.43. The highest BCUT2D eigenvalue weighted by Crippen LogP contribution is 2.24. The summed E-state index contributed by atoms with van der Waals surface area (Å²) >= 11 is 5.28. The zero-order valence-corrected chi connectivity index (χ0v) is 11.3. The van der Waals surface area contributed by atoms with Gasteiger partial charge in [0.05, 0.1) is 0 Å². The minimum absolute atomic E-state index is 0.101. The molecule has 2 aromatic heterocycles. The van der Waals surface area contributed by atoms with Crippen LogP contribution in [-0.2, 0) is 5.54 Å². The van der Waals surface area contributed by atoms with Crippen LogP contribution < -0.4 is 0 Å². The Morgan fingerprint density at radius 3 is 2.65 bits per heavy atom. The van der Waals surface area contributed by atoms with E-state index in [0.29, 0.717) is 4.77 Å². The third-order valence-electron chi connectivity index (χ3n) is 2.50. The molecule has 0 atom stereocenters. The van der Waals surface area contributed by atoms with Gasteiger partial charge in [-0.2, -0.15) is 5.10 Å². The van der Waals surface area contributed by atoms with E-state index in [-0.39, 0.29) is 5.54 Å². The van der Waals surface area contributed by atoms with Crippen LogP contribution in [0.15, 0.2) is 18.3 Å². The van der Waals surface area contributed by atoms with Crippen LogP contribution in [0, 0.1) is 11.7 Å². The van der Waals surface area contributed by atoms with E-state index < -0.39 is 0 Å². The average molecular weight is 248 g/mol. The van der Waals surface area contributed by atoms with Gasteiger partial charge >= 0.3 is 0 Å². The van der Waals surface area contributed by atoms with Gasteiger partial charge < -0.3 is 0 Å². The second-order valence-electron chi connectivity index (χ2n) is 5.04. The Morgan fingerprint density at radius 2 is 2.06 bits per heavy atom. The lowest BCUT2D eigenvalue weighted by Gasteiger charge is -2.22. The van der Waals surface area contributed by atoms with Gasteiger partial charge in [-0.3, -0.25) is 14.6 Å². The number of nitrogens with zero attached hydrogens (tertiary/aromatic N) is 3. The van der Waals surface area contributed by atoms with E-state index >= 15 is 0 Å². The summed E-state index contributed by atoms with van der Waals surface area (Å²) in [5.41, 5.74) is 1.90. The number of aryl methyl sites for hydroxylation is 1. The summed E-state index contributed by atoms with van der Waals surface area (Å²) in [6.07, 6.45) is 1.79. The molecule has 0 aromatic carbocycles. The Kier molecular flexibility index (Phi) is 2.87. The zero-order chi connectivity index (χ0) is 12.6. The molecular weight excluding hydrogens is 232 g/mol. The molecule has 0 aliphatic carbocycles. The van der Waals surface area contributed by atoms with Crippen molar-refractivity contribution in [2.24, 2.45) is 0 Å². The maximum absolute atomic E-state index is 5.28. The summed E-state index contributed by atoms with van der Waals surface area (Å²) in [5.74, 6) is 0.855. The molecule has 5 heteroatoms. The molecule has 17 heavy (non-hydrogen) atoms. The van der Waals surface area contributed by atoms with Crippen molar-refractivity contribution >= 4 is 12.2 Å². The molecule has 0 aliphatic heterocycles. The van der Waals surface area contributed by atoms with Gasteiger partial charge in [0.2, 0.25) is 0 Å². The van der Waals surface area contributed by atoms with Gasteiger partial charge in [0.15, 0.2) is 10.6 Å². The fraction of sp³-hybridized carbons (Fsp3) is 0.417. The number of aromatic nitrogens is 4. The molecule has 0 amide bonds. The Morgan fingerprint density at radius 1 is 1.35 bits per heavy atom. The lowest BCUT2D eigenvalue weighted by molar-refractivity contribution is 0.395. The van der Waals surface area contributed by atoms with Gasteiger partial charge in [-0.15, -0.1) is 0 Å². The fourth-order valence-electron chi connectivity index (χ4n) is 1.80. The van der Waals surface area contributed by atoms with Crippen molar-refractivity contribution in [3.63, 3.8) is 0 Å². The van der Waals surface area contributed by atoms with Crippen LogP contribution in [0.25, 0.3) is 11.4 Å². The minimum atomic E-state index is -0.101. The van der Waals surface area contributed by atoms with E-state index in [2.05, 4.69) is 36.0 Å². The maximum Gasteiger partial charge on any atom is 0.195 e. The molecule has 0 unspecified atom stereocenters. The minimum Gasteiger partial charge on any atom is -0.295 e. The molecule has 0 bridgehead atoms. The molecule has 0 saturated heterocycles. The normalized spacial score (nSPS) is 11.8. The summed E-state index contributed by atoms with van der Waals surface area (Å²) in [6.45, 7) is 8.29. The Bertz CT molecular complexity index is 589. The highest BCUT2D eigenvalue weighted by molar-refractivity contribution is 7.71. The first kappa shape index (κ1) is 12.0. The molecule has 4 nitrogen and oxygen atoms in total. The molecule has 0 aliphatic rings. The Hall–Kier alpha value is -1.49. The lowest BCUT2D eigenvalue weighted by atomic mass is 10.1. The van der Waals surface area contributed by atoms with Gasteiger partial charge in [-0.05, 0) is 52.0 Å². The van der Waals surface area contributed by atoms with Crippen LogP contribution in [0.2, 0.25) is 0 Å². The van der Waals surface area contributed by atoms with Gasteiger partial charge in [-0.1, -0.05) is 0 Å². The van der Waals surface area contributed by atoms with Crippen molar-refractivity contribution in [3.05, 3.63) is 28.8 Å². The fourth-order valence-corrected chi connectivity index (χ4v) is 2.20. The van der Waals surface area contributed by atoms with E-state index in [1.54, 1.807) is 6.20 Å². The summed E-state index contributed by atoms with van der Waals surface area (Å²) in [6, 6.07) is 3.95. The number of aromatic amines is 1. The molecule has 2 rings (SSSR count). The number of rotatable bonds is 1. The van der Waals surface area contributed by atoms with Crippen LogP contribution >= 0.6 is 12.2 Å². The predicted octanol–water partition coefficient (Wildman–Crippen LogP) is 3.07. The van der Waals surface area contributed by atoms with Crippen LogP contribution in [-0.4, -0.2) is 19.7 Å². The average Bonchev–Trinajstić information content (AvgIpc) is 2.59. The maximum atomic E-state index is 5.28. The first-order valence-corrected chi connectivity index (χ1v) is 5.91. The number of pyridine rings is 1. The molecule has 1 N–H and O–H groups in total. The highest BCUT2D eigenvalue weighted by atomic mass is 32.1. The van der Waals surface area contributed by atoms with Gasteiger partial charge in [0.25, 0.3) is 0 Å². The largest absolute Gasteiger partial charge is 0.295 e. The topological polar surface area (TPSA) is 46.5 Å². The lowest BCUT2D eigenvalue weighted by Crippen LogP contribution is -2.23. The van der Waals surface area contributed by atoms with Crippen molar-refractivity contribution in [2.75, 3.05) is 0 Å². The Balaban J connectivity index is 2.66. The van der Waals surface area contributed by atoms with Crippen molar-refractivity contribution in [3.8, 4) is 11.4 Å². The first-order valence-electron chi connectivity index (χ1n) is 5.50. The van der Waals surface area contributed by atoms with Gasteiger partial charge in [-0.25, -0.2) is 0 Å². The molecule has 0 saturated carbocycles. The van der Waals surface area contributed by atoms with E-state index in [1.165, 1.54) is 0 Å². The van der Waals surface area contributed by atoms with Gasteiger partial charge in [0, 0.05) is 23.0 Å². The Labute approximate surface area is 106 Å². The van der Waals surface area contributed by atoms with Crippen LogP contribution in [0.1, 0.15) is 26.5 Å². The third kappa shape index (κ3) is 2.29. The number of nitrogens with one attached hydrogen (secondary N) is 1. The summed E-state index contributed by atoms with van der Waals surface area (Å²) in [4.78, 5) is 4.19. The molecule has 0 spiro atoms. The van der Waals surface area contributed by atoms with Gasteiger partial charge in [0.1, 0.15) is 0 Å². The van der Waals surface area contributed by atoms with Crippen LogP contribution in [0.3, 0.4) is 0 Å². The highest BCUT2D eigenvalue weighted by Gasteiger charge is 2.20. The van der Waals surface area contributed by atoms with Crippen LogP contribution in [0.4, 0.5) is 0 Å². The monoisotopic (exact) mass is 248 g/mol. The zero-order valence-electron chi connectivity index (χ0n) is 10.5. The van der Waals surface area contributed by atoms with E-state index in [0.717, 1.165) is 17.1 Å². The number of hydrogen-bond donors (Lipinski definition) is 1. The summed E-state index contributed by atoms with van der Waals surface area (Å²) < 4.78 is 2.67. The molecule has 2 aromatic rings.